The van der Waals surface area contributed by atoms with Gasteiger partial charge < -0.3 is 5.32 Å². The van der Waals surface area contributed by atoms with Gasteiger partial charge in [-0.25, -0.2) is 4.39 Å². The molecule has 2 rings (SSSR count). The third-order valence-electron chi connectivity index (χ3n) is 3.47. The molecule has 0 saturated heterocycles. The van der Waals surface area contributed by atoms with Crippen LogP contribution in [0, 0.1) is 5.82 Å². The standard InChI is InChI=1S/C15H22FNS/c1-2-17-11-13-14(16)9-6-10-15(13)18-12-7-4-3-5-8-12/h6,9-10,12,17H,2-5,7-8,11H2,1H3. The highest BCUT2D eigenvalue weighted by atomic mass is 32.2. The molecule has 1 aromatic carbocycles. The number of hydrogen-bond donors (Lipinski definition) is 1. The normalized spacial score (nSPS) is 17.0. The fourth-order valence-electron chi connectivity index (χ4n) is 2.43. The zero-order chi connectivity index (χ0) is 12.8. The monoisotopic (exact) mass is 267 g/mol. The Morgan fingerprint density at radius 1 is 1.28 bits per heavy atom. The van der Waals surface area contributed by atoms with Crippen molar-refractivity contribution in [2.45, 2.75) is 55.7 Å². The summed E-state index contributed by atoms with van der Waals surface area (Å²) in [6.45, 7) is 3.56. The minimum atomic E-state index is -0.0724. The Balaban J connectivity index is 2.07. The second kappa shape index (κ2) is 7.15. The second-order valence-corrected chi connectivity index (χ2v) is 6.22. The highest BCUT2D eigenvalue weighted by Gasteiger charge is 2.17. The van der Waals surface area contributed by atoms with E-state index in [0.717, 1.165) is 17.0 Å². The van der Waals surface area contributed by atoms with Crippen LogP contribution in [-0.2, 0) is 6.54 Å². The first-order valence-corrected chi connectivity index (χ1v) is 7.84. The Morgan fingerprint density at radius 2 is 2.06 bits per heavy atom. The maximum absolute atomic E-state index is 13.9. The summed E-state index contributed by atoms with van der Waals surface area (Å²) in [6.07, 6.45) is 6.58. The first-order valence-electron chi connectivity index (χ1n) is 6.96. The first-order chi connectivity index (χ1) is 8.81. The van der Waals surface area contributed by atoms with Gasteiger partial charge in [0.25, 0.3) is 0 Å². The third-order valence-corrected chi connectivity index (χ3v) is 4.91. The van der Waals surface area contributed by atoms with E-state index in [1.54, 1.807) is 6.07 Å². The third kappa shape index (κ3) is 3.72. The predicted molar refractivity (Wildman–Crippen MR) is 76.5 cm³/mol. The Hall–Kier alpha value is -0.540. The van der Waals surface area contributed by atoms with E-state index in [0.29, 0.717) is 11.8 Å². The topological polar surface area (TPSA) is 12.0 Å². The van der Waals surface area contributed by atoms with E-state index in [2.05, 4.69) is 18.3 Å². The summed E-state index contributed by atoms with van der Waals surface area (Å²) in [5.41, 5.74) is 0.843. The lowest BCUT2D eigenvalue weighted by Crippen LogP contribution is -2.15. The molecule has 1 aliphatic carbocycles. The highest BCUT2D eigenvalue weighted by molar-refractivity contribution is 8.00. The van der Waals surface area contributed by atoms with Gasteiger partial charge in [-0.3, -0.25) is 0 Å². The van der Waals surface area contributed by atoms with Crippen LogP contribution in [0.1, 0.15) is 44.6 Å². The summed E-state index contributed by atoms with van der Waals surface area (Å²) in [5, 5.41) is 3.91. The number of rotatable bonds is 5. The van der Waals surface area contributed by atoms with Crippen molar-refractivity contribution in [3.63, 3.8) is 0 Å². The van der Waals surface area contributed by atoms with Crippen molar-refractivity contribution in [2.24, 2.45) is 0 Å². The fourth-order valence-corrected chi connectivity index (χ4v) is 3.83. The largest absolute Gasteiger partial charge is 0.313 e. The number of benzene rings is 1. The summed E-state index contributed by atoms with van der Waals surface area (Å²) in [5.74, 6) is -0.0724. The molecule has 0 heterocycles. The molecular formula is C15H22FNS. The van der Waals surface area contributed by atoms with Crippen LogP contribution in [0.4, 0.5) is 4.39 Å². The average Bonchev–Trinajstić information content (AvgIpc) is 2.39. The maximum atomic E-state index is 13.9. The van der Waals surface area contributed by atoms with E-state index in [1.165, 1.54) is 32.1 Å². The van der Waals surface area contributed by atoms with Crippen molar-refractivity contribution < 1.29 is 4.39 Å². The summed E-state index contributed by atoms with van der Waals surface area (Å²) < 4.78 is 13.9. The molecule has 0 amide bonds. The van der Waals surface area contributed by atoms with Crippen molar-refractivity contribution in [2.75, 3.05) is 6.54 Å². The number of nitrogens with one attached hydrogen (secondary N) is 1. The molecule has 18 heavy (non-hydrogen) atoms. The molecule has 0 aromatic heterocycles. The molecule has 0 bridgehead atoms. The molecule has 1 nitrogen and oxygen atoms in total. The molecule has 1 N–H and O–H groups in total. The van der Waals surface area contributed by atoms with Crippen LogP contribution in [0.5, 0.6) is 0 Å². The van der Waals surface area contributed by atoms with Gasteiger partial charge in [0.2, 0.25) is 0 Å². The minimum Gasteiger partial charge on any atom is -0.313 e. The Bertz CT molecular complexity index is 375. The van der Waals surface area contributed by atoms with Crippen LogP contribution < -0.4 is 5.32 Å². The molecule has 0 spiro atoms. The molecule has 0 aliphatic heterocycles. The lowest BCUT2D eigenvalue weighted by Gasteiger charge is -2.22. The molecule has 0 unspecified atom stereocenters. The molecule has 1 aromatic rings. The van der Waals surface area contributed by atoms with Gasteiger partial charge in [-0.1, -0.05) is 32.3 Å². The molecule has 1 fully saturated rings. The fraction of sp³-hybridized carbons (Fsp3) is 0.600. The maximum Gasteiger partial charge on any atom is 0.128 e. The number of hydrogen-bond acceptors (Lipinski definition) is 2. The van der Waals surface area contributed by atoms with Crippen molar-refractivity contribution in [1.29, 1.82) is 0 Å². The first kappa shape index (κ1) is 13.9. The molecule has 0 atom stereocenters. The smallest absolute Gasteiger partial charge is 0.128 e. The van der Waals surface area contributed by atoms with Gasteiger partial charge in [-0.05, 0) is 31.5 Å². The zero-order valence-electron chi connectivity index (χ0n) is 11.0. The van der Waals surface area contributed by atoms with Gasteiger partial charge >= 0.3 is 0 Å². The SMILES string of the molecule is CCNCc1c(F)cccc1SC1CCCCC1. The molecule has 0 radical (unpaired) electrons. The molecule has 100 valence electrons. The van der Waals surface area contributed by atoms with Crippen LogP contribution >= 0.6 is 11.8 Å². The highest BCUT2D eigenvalue weighted by Crippen LogP contribution is 2.35. The minimum absolute atomic E-state index is 0.0724. The quantitative estimate of drug-likeness (QED) is 0.850. The van der Waals surface area contributed by atoms with E-state index in [-0.39, 0.29) is 5.82 Å². The van der Waals surface area contributed by atoms with Crippen LogP contribution in [0.15, 0.2) is 23.1 Å². The second-order valence-electron chi connectivity index (χ2n) is 4.87. The number of thioether (sulfide) groups is 1. The summed E-state index contributed by atoms with van der Waals surface area (Å²) >= 11 is 1.88. The van der Waals surface area contributed by atoms with Crippen LogP contribution in [0.2, 0.25) is 0 Å². The summed E-state index contributed by atoms with van der Waals surface area (Å²) in [4.78, 5) is 1.13. The molecule has 3 heteroatoms. The van der Waals surface area contributed by atoms with Gasteiger partial charge in [0.05, 0.1) is 0 Å². The number of halogens is 1. The van der Waals surface area contributed by atoms with E-state index in [9.17, 15) is 4.39 Å². The lowest BCUT2D eigenvalue weighted by molar-refractivity contribution is 0.515. The van der Waals surface area contributed by atoms with Gasteiger partial charge in [0.15, 0.2) is 0 Å². The Labute approximate surface area is 114 Å². The molecule has 1 aliphatic rings. The van der Waals surface area contributed by atoms with Crippen LogP contribution in [0.3, 0.4) is 0 Å². The van der Waals surface area contributed by atoms with Gasteiger partial charge in [0, 0.05) is 22.3 Å². The van der Waals surface area contributed by atoms with Crippen molar-refractivity contribution >= 4 is 11.8 Å². The van der Waals surface area contributed by atoms with Crippen molar-refractivity contribution in [3.8, 4) is 0 Å². The van der Waals surface area contributed by atoms with E-state index in [4.69, 9.17) is 0 Å². The van der Waals surface area contributed by atoms with Gasteiger partial charge in [0.1, 0.15) is 5.82 Å². The predicted octanol–water partition coefficient (Wildman–Crippen LogP) is 4.36. The van der Waals surface area contributed by atoms with E-state index >= 15 is 0 Å². The van der Waals surface area contributed by atoms with E-state index in [1.807, 2.05) is 17.8 Å². The summed E-state index contributed by atoms with van der Waals surface area (Å²) in [6, 6.07) is 5.46. The van der Waals surface area contributed by atoms with Gasteiger partial charge in [-0.15, -0.1) is 11.8 Å². The average molecular weight is 267 g/mol. The van der Waals surface area contributed by atoms with Crippen LogP contribution in [-0.4, -0.2) is 11.8 Å². The van der Waals surface area contributed by atoms with Crippen molar-refractivity contribution in [3.05, 3.63) is 29.6 Å². The van der Waals surface area contributed by atoms with Gasteiger partial charge in [-0.2, -0.15) is 0 Å². The summed E-state index contributed by atoms with van der Waals surface area (Å²) in [7, 11) is 0. The van der Waals surface area contributed by atoms with Crippen LogP contribution in [0.25, 0.3) is 0 Å². The van der Waals surface area contributed by atoms with E-state index < -0.39 is 0 Å². The Kier molecular flexibility index (Phi) is 5.51. The molecular weight excluding hydrogens is 245 g/mol. The van der Waals surface area contributed by atoms with Crippen molar-refractivity contribution in [1.82, 2.24) is 5.32 Å². The molecule has 1 saturated carbocycles. The lowest BCUT2D eigenvalue weighted by atomic mass is 10.0. The zero-order valence-corrected chi connectivity index (χ0v) is 11.9. The Morgan fingerprint density at radius 3 is 2.78 bits per heavy atom.